The molecule has 206 valence electrons. The Hall–Kier alpha value is -3.30. The highest BCUT2D eigenvalue weighted by molar-refractivity contribution is 6.31. The van der Waals surface area contributed by atoms with Crippen LogP contribution in [0.15, 0.2) is 73.1 Å². The number of benzene rings is 2. The molecule has 1 saturated carbocycles. The first-order valence-corrected chi connectivity index (χ1v) is 13.5. The van der Waals surface area contributed by atoms with Crippen LogP contribution in [0.5, 0.6) is 0 Å². The van der Waals surface area contributed by atoms with E-state index in [9.17, 15) is 14.4 Å². The number of anilines is 1. The molecule has 3 aromatic rings. The molecular weight excluding hydrogens is 541 g/mol. The second-order valence-corrected chi connectivity index (χ2v) is 9.48. The van der Waals surface area contributed by atoms with E-state index in [0.29, 0.717) is 29.1 Å². The number of aromatic carboxylic acids is 1. The standard InChI is InChI=1S/C28H28ClN3O5.CH3Cl/c1-31(28(14-5-4-11-25(28)33)23-9-2-3-10-24(23)29)18-37-19-32-15-12-20(13-16-32)26(34)30-22-8-6-7-21(17-22)27(35)36;1-2/h2-3,6-10,12-13,15-17H,4-5,11,14,18-19H2,1H3,(H-,30,34,35,36);1H3/p+1. The Morgan fingerprint density at radius 1 is 1.05 bits per heavy atom. The first-order valence-electron chi connectivity index (χ1n) is 12.4. The summed E-state index contributed by atoms with van der Waals surface area (Å²) in [5, 5.41) is 12.4. The Kier molecular flexibility index (Phi) is 11.0. The molecule has 1 aliphatic rings. The first kappa shape index (κ1) is 30.2. The van der Waals surface area contributed by atoms with Crippen LogP contribution in [0.1, 0.15) is 52.0 Å². The van der Waals surface area contributed by atoms with E-state index in [4.69, 9.17) is 21.4 Å². The van der Waals surface area contributed by atoms with Crippen molar-refractivity contribution in [2.24, 2.45) is 0 Å². The van der Waals surface area contributed by atoms with Crippen LogP contribution in [-0.2, 0) is 21.8 Å². The van der Waals surface area contributed by atoms with Crippen LogP contribution in [-0.4, -0.2) is 47.8 Å². The molecule has 2 N–H and O–H groups in total. The molecule has 4 rings (SSSR count). The van der Waals surface area contributed by atoms with Gasteiger partial charge < -0.3 is 15.2 Å². The predicted molar refractivity (Wildman–Crippen MR) is 150 cm³/mol. The number of Topliss-reactive ketones (excluding diaryl/α,β-unsaturated/α-hetero) is 1. The minimum absolute atomic E-state index is 0.0945. The Labute approximate surface area is 238 Å². The second kappa shape index (κ2) is 14.2. The van der Waals surface area contributed by atoms with Gasteiger partial charge in [0, 0.05) is 35.6 Å². The van der Waals surface area contributed by atoms with Gasteiger partial charge in [-0.05, 0) is 49.7 Å². The van der Waals surface area contributed by atoms with Crippen molar-refractivity contribution < 1.29 is 28.8 Å². The van der Waals surface area contributed by atoms with E-state index >= 15 is 0 Å². The number of hydrogen-bond donors (Lipinski definition) is 2. The van der Waals surface area contributed by atoms with Crippen molar-refractivity contribution in [3.05, 3.63) is 94.8 Å². The summed E-state index contributed by atoms with van der Waals surface area (Å²) in [6.07, 6.45) is 7.91. The van der Waals surface area contributed by atoms with E-state index in [1.165, 1.54) is 18.5 Å². The third-order valence-corrected chi connectivity index (χ3v) is 7.00. The maximum absolute atomic E-state index is 13.2. The van der Waals surface area contributed by atoms with E-state index in [-0.39, 0.29) is 30.7 Å². The van der Waals surface area contributed by atoms with Gasteiger partial charge in [-0.1, -0.05) is 42.3 Å². The number of amides is 1. The lowest BCUT2D eigenvalue weighted by atomic mass is 9.74. The normalized spacial score (nSPS) is 16.8. The van der Waals surface area contributed by atoms with Crippen molar-refractivity contribution in [1.29, 1.82) is 0 Å². The highest BCUT2D eigenvalue weighted by Gasteiger charge is 2.46. The average molecular weight is 573 g/mol. The fourth-order valence-corrected chi connectivity index (χ4v) is 5.02. The van der Waals surface area contributed by atoms with Crippen LogP contribution in [0.3, 0.4) is 0 Å². The van der Waals surface area contributed by atoms with Crippen LogP contribution in [0.25, 0.3) is 0 Å². The van der Waals surface area contributed by atoms with Gasteiger partial charge in [-0.25, -0.2) is 4.79 Å². The van der Waals surface area contributed by atoms with E-state index in [2.05, 4.69) is 16.9 Å². The fourth-order valence-electron chi connectivity index (χ4n) is 4.72. The van der Waals surface area contributed by atoms with Gasteiger partial charge in [-0.3, -0.25) is 14.5 Å². The molecule has 0 spiro atoms. The predicted octanol–water partition coefficient (Wildman–Crippen LogP) is 5.34. The number of alkyl halides is 1. The third kappa shape index (κ3) is 7.22. The maximum atomic E-state index is 13.2. The van der Waals surface area contributed by atoms with Crippen molar-refractivity contribution >= 4 is 46.5 Å². The average Bonchev–Trinajstić information content (AvgIpc) is 2.95. The molecule has 1 unspecified atom stereocenters. The summed E-state index contributed by atoms with van der Waals surface area (Å²) in [6, 6.07) is 16.9. The number of carboxylic acid groups (broad SMARTS) is 1. The summed E-state index contributed by atoms with van der Waals surface area (Å²) >= 11 is 11.2. The molecule has 0 radical (unpaired) electrons. The Morgan fingerprint density at radius 3 is 2.44 bits per heavy atom. The first-order chi connectivity index (χ1) is 18.8. The number of carbonyl (C=O) groups is 3. The van der Waals surface area contributed by atoms with Gasteiger partial charge in [0.25, 0.3) is 12.6 Å². The van der Waals surface area contributed by atoms with Crippen LogP contribution in [0.2, 0.25) is 5.02 Å². The van der Waals surface area contributed by atoms with Crippen molar-refractivity contribution in [2.75, 3.05) is 25.5 Å². The molecule has 1 aromatic heterocycles. The minimum Gasteiger partial charge on any atom is -0.478 e. The SMILES string of the molecule is CCl.CN(COC[n+]1ccc(C(=O)Nc2cccc(C(=O)O)c2)cc1)C1(c2ccccc2Cl)CCCCC1=O. The number of carboxylic acids is 1. The lowest BCUT2D eigenvalue weighted by Crippen LogP contribution is -2.53. The minimum atomic E-state index is -1.06. The van der Waals surface area contributed by atoms with Crippen molar-refractivity contribution in [3.63, 3.8) is 0 Å². The summed E-state index contributed by atoms with van der Waals surface area (Å²) in [5.74, 6) is -1.27. The van der Waals surface area contributed by atoms with E-state index in [1.54, 1.807) is 41.2 Å². The summed E-state index contributed by atoms with van der Waals surface area (Å²) in [4.78, 5) is 38.8. The molecule has 0 aliphatic heterocycles. The molecule has 8 nitrogen and oxygen atoms in total. The number of ketones is 1. The molecule has 39 heavy (non-hydrogen) atoms. The van der Waals surface area contributed by atoms with Crippen LogP contribution in [0, 0.1) is 0 Å². The summed E-state index contributed by atoms with van der Waals surface area (Å²) in [6.45, 7) is 0.436. The fraction of sp³-hybridized carbons (Fsp3) is 0.310. The maximum Gasteiger partial charge on any atom is 0.335 e. The summed E-state index contributed by atoms with van der Waals surface area (Å²) < 4.78 is 7.72. The zero-order valence-electron chi connectivity index (χ0n) is 21.9. The van der Waals surface area contributed by atoms with Gasteiger partial charge in [0.05, 0.1) is 11.1 Å². The molecule has 1 atom stereocenters. The number of carbonyl (C=O) groups excluding carboxylic acids is 2. The lowest BCUT2D eigenvalue weighted by Gasteiger charge is -2.43. The molecule has 1 fully saturated rings. The van der Waals surface area contributed by atoms with E-state index in [0.717, 1.165) is 18.4 Å². The summed E-state index contributed by atoms with van der Waals surface area (Å²) in [7, 11) is 1.88. The van der Waals surface area contributed by atoms with Gasteiger partial charge in [0.2, 0.25) is 0 Å². The Morgan fingerprint density at radius 2 is 1.77 bits per heavy atom. The van der Waals surface area contributed by atoms with Gasteiger partial charge in [0.15, 0.2) is 18.2 Å². The van der Waals surface area contributed by atoms with Gasteiger partial charge in [0.1, 0.15) is 12.3 Å². The van der Waals surface area contributed by atoms with E-state index in [1.807, 2.05) is 36.2 Å². The number of nitrogens with one attached hydrogen (secondary N) is 1. The number of hydrogen-bond acceptors (Lipinski definition) is 5. The van der Waals surface area contributed by atoms with Crippen molar-refractivity contribution in [3.8, 4) is 0 Å². The number of halogens is 2. The Bertz CT molecular complexity index is 1300. The summed E-state index contributed by atoms with van der Waals surface area (Å²) in [5.41, 5.74) is 0.903. The van der Waals surface area contributed by atoms with Gasteiger partial charge in [-0.2, -0.15) is 4.57 Å². The number of aromatic nitrogens is 1. The molecule has 1 aliphatic carbocycles. The van der Waals surface area contributed by atoms with Crippen molar-refractivity contribution in [1.82, 2.24) is 4.90 Å². The zero-order chi connectivity index (χ0) is 28.4. The van der Waals surface area contributed by atoms with Gasteiger partial charge >= 0.3 is 5.97 Å². The lowest BCUT2D eigenvalue weighted by molar-refractivity contribution is -0.733. The molecule has 0 saturated heterocycles. The number of likely N-dealkylation sites (N-methyl/N-ethyl adjacent to an activating group) is 1. The zero-order valence-corrected chi connectivity index (χ0v) is 23.4. The van der Waals surface area contributed by atoms with Crippen LogP contribution >= 0.6 is 23.2 Å². The number of ether oxygens (including phenoxy) is 1. The number of pyridine rings is 1. The van der Waals surface area contributed by atoms with Crippen molar-refractivity contribution in [2.45, 2.75) is 38.0 Å². The molecule has 2 aromatic carbocycles. The number of rotatable bonds is 9. The molecule has 1 heterocycles. The van der Waals surface area contributed by atoms with Gasteiger partial charge in [-0.15, -0.1) is 11.6 Å². The van der Waals surface area contributed by atoms with E-state index < -0.39 is 11.5 Å². The Balaban J connectivity index is 0.00000205. The molecular formula is C29H32Cl2N3O5+. The largest absolute Gasteiger partial charge is 0.478 e. The molecule has 1 amide bonds. The highest BCUT2D eigenvalue weighted by atomic mass is 35.5. The second-order valence-electron chi connectivity index (χ2n) is 9.07. The third-order valence-electron chi connectivity index (χ3n) is 6.67. The van der Waals surface area contributed by atoms with Crippen LogP contribution < -0.4 is 9.88 Å². The topological polar surface area (TPSA) is 99.8 Å². The number of nitrogens with zero attached hydrogens (tertiary/aromatic N) is 2. The quantitative estimate of drug-likeness (QED) is 0.204. The molecule has 0 bridgehead atoms. The molecule has 10 heteroatoms. The monoisotopic (exact) mass is 572 g/mol. The highest BCUT2D eigenvalue weighted by Crippen LogP contribution is 2.42. The van der Waals surface area contributed by atoms with Crippen LogP contribution in [0.4, 0.5) is 5.69 Å². The smallest absolute Gasteiger partial charge is 0.335 e.